The highest BCUT2D eigenvalue weighted by Gasteiger charge is 2.38. The number of hydrogen-bond donors (Lipinski definition) is 1. The zero-order valence-electron chi connectivity index (χ0n) is 11.7. The van der Waals surface area contributed by atoms with E-state index in [1.54, 1.807) is 0 Å². The second-order valence-corrected chi connectivity index (χ2v) is 6.13. The lowest BCUT2D eigenvalue weighted by atomic mass is 9.85. The molecule has 4 heteroatoms. The Labute approximate surface area is 122 Å². The van der Waals surface area contributed by atoms with Gasteiger partial charge in [-0.3, -0.25) is 4.79 Å². The summed E-state index contributed by atoms with van der Waals surface area (Å²) in [7, 11) is 0. The van der Waals surface area contributed by atoms with E-state index in [2.05, 4.69) is 5.32 Å². The van der Waals surface area contributed by atoms with Crippen LogP contribution in [-0.4, -0.2) is 5.91 Å². The van der Waals surface area contributed by atoms with E-state index in [4.69, 9.17) is 16.0 Å². The van der Waals surface area contributed by atoms with Crippen LogP contribution in [0.1, 0.15) is 41.9 Å². The van der Waals surface area contributed by atoms with Gasteiger partial charge in [-0.15, -0.1) is 11.6 Å². The molecule has 3 rings (SSSR count). The number of aryl methyl sites for hydroxylation is 1. The summed E-state index contributed by atoms with van der Waals surface area (Å²) in [5.74, 6) is 1.58. The van der Waals surface area contributed by atoms with Crippen LogP contribution in [0.5, 0.6) is 0 Å². The van der Waals surface area contributed by atoms with E-state index in [1.165, 1.54) is 0 Å². The standard InChI is InChI=1S/C16H16ClNO2/c1-9-4-7-13(20-9)14(17)10-5-6-12-11(8-10)16(2,3)15(19)18-12/h4-8,14H,1-3H3,(H,18,19). The molecule has 1 aliphatic rings. The van der Waals surface area contributed by atoms with E-state index < -0.39 is 5.41 Å². The molecule has 1 aromatic heterocycles. The van der Waals surface area contributed by atoms with E-state index >= 15 is 0 Å². The molecular weight excluding hydrogens is 274 g/mol. The maximum Gasteiger partial charge on any atom is 0.234 e. The molecule has 1 amide bonds. The Morgan fingerprint density at radius 2 is 2.00 bits per heavy atom. The van der Waals surface area contributed by atoms with Crippen molar-refractivity contribution in [1.29, 1.82) is 0 Å². The van der Waals surface area contributed by atoms with Gasteiger partial charge in [-0.25, -0.2) is 0 Å². The third-order valence-corrected chi connectivity index (χ3v) is 4.30. The first-order valence-electron chi connectivity index (χ1n) is 6.56. The van der Waals surface area contributed by atoms with Gasteiger partial charge in [-0.05, 0) is 50.1 Å². The molecule has 1 aliphatic heterocycles. The number of carbonyl (C=O) groups is 1. The number of alkyl halides is 1. The minimum Gasteiger partial charge on any atom is -0.464 e. The first kappa shape index (κ1) is 13.3. The van der Waals surface area contributed by atoms with Crippen molar-refractivity contribution in [3.63, 3.8) is 0 Å². The van der Waals surface area contributed by atoms with Crippen molar-refractivity contribution in [2.24, 2.45) is 0 Å². The SMILES string of the molecule is Cc1ccc(C(Cl)c2ccc3c(c2)C(C)(C)C(=O)N3)o1. The molecule has 2 heterocycles. The molecule has 1 atom stereocenters. The summed E-state index contributed by atoms with van der Waals surface area (Å²) in [5.41, 5.74) is 2.25. The number of carbonyl (C=O) groups excluding carboxylic acids is 1. The largest absolute Gasteiger partial charge is 0.464 e. The van der Waals surface area contributed by atoms with Gasteiger partial charge in [0.05, 0.1) is 5.41 Å². The molecule has 0 saturated carbocycles. The summed E-state index contributed by atoms with van der Waals surface area (Å²) >= 11 is 6.48. The lowest BCUT2D eigenvalue weighted by Crippen LogP contribution is -2.26. The summed E-state index contributed by atoms with van der Waals surface area (Å²) in [6, 6.07) is 9.60. The maximum absolute atomic E-state index is 11.9. The average Bonchev–Trinajstić information content (AvgIpc) is 2.92. The van der Waals surface area contributed by atoms with E-state index in [0.717, 1.165) is 28.3 Å². The molecule has 1 N–H and O–H groups in total. The van der Waals surface area contributed by atoms with E-state index in [9.17, 15) is 4.79 Å². The second kappa shape index (κ2) is 4.38. The molecule has 0 spiro atoms. The molecule has 0 bridgehead atoms. The van der Waals surface area contributed by atoms with Crippen molar-refractivity contribution >= 4 is 23.2 Å². The monoisotopic (exact) mass is 289 g/mol. The first-order valence-corrected chi connectivity index (χ1v) is 6.99. The zero-order chi connectivity index (χ0) is 14.5. The van der Waals surface area contributed by atoms with Crippen LogP contribution in [0.3, 0.4) is 0 Å². The zero-order valence-corrected chi connectivity index (χ0v) is 12.4. The van der Waals surface area contributed by atoms with E-state index in [0.29, 0.717) is 0 Å². The Hall–Kier alpha value is -1.74. The Morgan fingerprint density at radius 1 is 1.25 bits per heavy atom. The van der Waals surface area contributed by atoms with Gasteiger partial charge in [-0.2, -0.15) is 0 Å². The highest BCUT2D eigenvalue weighted by molar-refractivity contribution is 6.22. The minimum atomic E-state index is -0.527. The fourth-order valence-corrected chi connectivity index (χ4v) is 2.75. The average molecular weight is 290 g/mol. The van der Waals surface area contributed by atoms with Crippen LogP contribution in [0, 0.1) is 6.92 Å². The molecular formula is C16H16ClNO2. The van der Waals surface area contributed by atoms with Crippen molar-refractivity contribution in [3.8, 4) is 0 Å². The summed E-state index contributed by atoms with van der Waals surface area (Å²) in [6.07, 6.45) is 0. The van der Waals surface area contributed by atoms with Crippen molar-refractivity contribution < 1.29 is 9.21 Å². The van der Waals surface area contributed by atoms with Crippen molar-refractivity contribution in [2.75, 3.05) is 5.32 Å². The van der Waals surface area contributed by atoms with E-state index in [-0.39, 0.29) is 11.3 Å². The lowest BCUT2D eigenvalue weighted by Gasteiger charge is -2.16. The summed E-state index contributed by atoms with van der Waals surface area (Å²) in [5, 5.41) is 2.55. The van der Waals surface area contributed by atoms with Crippen molar-refractivity contribution in [2.45, 2.75) is 31.6 Å². The van der Waals surface area contributed by atoms with Crippen molar-refractivity contribution in [3.05, 3.63) is 53.0 Å². The van der Waals surface area contributed by atoms with Crippen LogP contribution in [0.25, 0.3) is 0 Å². The fourth-order valence-electron chi connectivity index (χ4n) is 2.50. The Morgan fingerprint density at radius 3 is 2.65 bits per heavy atom. The minimum absolute atomic E-state index is 0.0182. The predicted molar refractivity (Wildman–Crippen MR) is 79.2 cm³/mol. The number of amides is 1. The van der Waals surface area contributed by atoms with Gasteiger partial charge in [0.2, 0.25) is 5.91 Å². The number of furan rings is 1. The molecule has 104 valence electrons. The quantitative estimate of drug-likeness (QED) is 0.844. The fraction of sp³-hybridized carbons (Fsp3) is 0.312. The normalized spacial score (nSPS) is 17.7. The van der Waals surface area contributed by atoms with Crippen LogP contribution < -0.4 is 5.32 Å². The van der Waals surface area contributed by atoms with Gasteiger partial charge < -0.3 is 9.73 Å². The van der Waals surface area contributed by atoms with Crippen LogP contribution in [0.15, 0.2) is 34.7 Å². The molecule has 0 aliphatic carbocycles. The lowest BCUT2D eigenvalue weighted by molar-refractivity contribution is -0.119. The molecule has 3 nitrogen and oxygen atoms in total. The van der Waals surface area contributed by atoms with Gasteiger partial charge in [0.15, 0.2) is 0 Å². The summed E-state index contributed by atoms with van der Waals surface area (Å²) in [6.45, 7) is 5.72. The number of halogens is 1. The number of nitrogens with one attached hydrogen (secondary N) is 1. The molecule has 1 aromatic carbocycles. The Balaban J connectivity index is 2.02. The topological polar surface area (TPSA) is 42.2 Å². The van der Waals surface area contributed by atoms with Gasteiger partial charge >= 0.3 is 0 Å². The smallest absolute Gasteiger partial charge is 0.234 e. The number of anilines is 1. The summed E-state index contributed by atoms with van der Waals surface area (Å²) in [4.78, 5) is 11.9. The summed E-state index contributed by atoms with van der Waals surface area (Å²) < 4.78 is 5.58. The molecule has 0 radical (unpaired) electrons. The Kier molecular flexibility index (Phi) is 2.91. The highest BCUT2D eigenvalue weighted by atomic mass is 35.5. The van der Waals surface area contributed by atoms with Crippen LogP contribution in [0.2, 0.25) is 0 Å². The number of benzene rings is 1. The van der Waals surface area contributed by atoms with Crippen LogP contribution in [0.4, 0.5) is 5.69 Å². The third-order valence-electron chi connectivity index (χ3n) is 3.84. The van der Waals surface area contributed by atoms with Gasteiger partial charge in [0.25, 0.3) is 0 Å². The van der Waals surface area contributed by atoms with Crippen LogP contribution in [-0.2, 0) is 10.2 Å². The molecule has 1 unspecified atom stereocenters. The highest BCUT2D eigenvalue weighted by Crippen LogP contribution is 2.40. The predicted octanol–water partition coefficient (Wildman–Crippen LogP) is 4.15. The van der Waals surface area contributed by atoms with Crippen LogP contribution >= 0.6 is 11.6 Å². The maximum atomic E-state index is 11.9. The van der Waals surface area contributed by atoms with Gasteiger partial charge in [-0.1, -0.05) is 12.1 Å². The van der Waals surface area contributed by atoms with Crippen molar-refractivity contribution in [1.82, 2.24) is 0 Å². The molecule has 0 saturated heterocycles. The number of fused-ring (bicyclic) bond motifs is 1. The second-order valence-electron chi connectivity index (χ2n) is 5.70. The third kappa shape index (κ3) is 1.93. The molecule has 20 heavy (non-hydrogen) atoms. The number of hydrogen-bond acceptors (Lipinski definition) is 2. The molecule has 0 fully saturated rings. The number of rotatable bonds is 2. The first-order chi connectivity index (χ1) is 9.39. The van der Waals surface area contributed by atoms with Gasteiger partial charge in [0.1, 0.15) is 16.9 Å². The Bertz CT molecular complexity index is 688. The van der Waals surface area contributed by atoms with Gasteiger partial charge in [0, 0.05) is 5.69 Å². The molecule has 2 aromatic rings. The van der Waals surface area contributed by atoms with E-state index in [1.807, 2.05) is 51.1 Å².